The third-order valence-electron chi connectivity index (χ3n) is 1.16. The van der Waals surface area contributed by atoms with Crippen LogP contribution < -0.4 is 0 Å². The smallest absolute Gasteiger partial charge is 0.248 e. The number of halogens is 3. The van der Waals surface area contributed by atoms with Gasteiger partial charge in [0.15, 0.2) is 5.78 Å². The van der Waals surface area contributed by atoms with Crippen molar-refractivity contribution in [2.75, 3.05) is 7.11 Å². The molecule has 0 saturated heterocycles. The van der Waals surface area contributed by atoms with E-state index in [1.54, 1.807) is 0 Å². The second-order valence-corrected chi connectivity index (χ2v) is 4.32. The highest BCUT2D eigenvalue weighted by atomic mass is 35.6. The van der Waals surface area contributed by atoms with Crippen molar-refractivity contribution in [2.24, 2.45) is 0 Å². The summed E-state index contributed by atoms with van der Waals surface area (Å²) in [6, 6.07) is 0. The molecule has 0 fully saturated rings. The molecule has 0 aromatic carbocycles. The average Bonchev–Trinajstić information content (AvgIpc) is 1.97. The van der Waals surface area contributed by atoms with Crippen LogP contribution in [0.5, 0.6) is 0 Å². The zero-order valence-corrected chi connectivity index (χ0v) is 8.49. The Labute approximate surface area is 84.9 Å². The molecule has 1 unspecified atom stereocenters. The molecule has 0 spiro atoms. The van der Waals surface area contributed by atoms with E-state index in [9.17, 15) is 9.59 Å². The second-order valence-electron chi connectivity index (χ2n) is 2.04. The quantitative estimate of drug-likeness (QED) is 0.546. The SMILES string of the molecule is COC(C=O)CC(=O)C(Cl)(Cl)Cl. The second kappa shape index (κ2) is 5.02. The van der Waals surface area contributed by atoms with Crippen LogP contribution in [0.25, 0.3) is 0 Å². The topological polar surface area (TPSA) is 43.4 Å². The van der Waals surface area contributed by atoms with Crippen molar-refractivity contribution in [2.45, 2.75) is 16.3 Å². The number of aldehydes is 1. The Balaban J connectivity index is 4.08. The molecule has 0 saturated carbocycles. The molecule has 0 aliphatic rings. The summed E-state index contributed by atoms with van der Waals surface area (Å²) in [5, 5.41) is 0. The van der Waals surface area contributed by atoms with E-state index in [1.165, 1.54) is 7.11 Å². The Morgan fingerprint density at radius 2 is 2.08 bits per heavy atom. The normalized spacial score (nSPS) is 14.0. The maximum atomic E-state index is 11.0. The van der Waals surface area contributed by atoms with Gasteiger partial charge in [-0.15, -0.1) is 0 Å². The Bertz CT molecular complexity index is 175. The van der Waals surface area contributed by atoms with Gasteiger partial charge in [-0.1, -0.05) is 34.8 Å². The van der Waals surface area contributed by atoms with E-state index in [4.69, 9.17) is 34.8 Å². The Hall–Kier alpha value is 0.170. The van der Waals surface area contributed by atoms with Crippen molar-refractivity contribution in [3.8, 4) is 0 Å². The molecule has 0 aromatic rings. The molecule has 0 N–H and O–H groups in total. The summed E-state index contributed by atoms with van der Waals surface area (Å²) in [6.07, 6.45) is -0.585. The minimum Gasteiger partial charge on any atom is -0.374 e. The van der Waals surface area contributed by atoms with Crippen LogP contribution in [0.1, 0.15) is 6.42 Å². The van der Waals surface area contributed by atoms with Crippen LogP contribution in [-0.2, 0) is 14.3 Å². The van der Waals surface area contributed by atoms with E-state index in [0.29, 0.717) is 6.29 Å². The van der Waals surface area contributed by atoms with Crippen LogP contribution in [-0.4, -0.2) is 29.1 Å². The fourth-order valence-corrected chi connectivity index (χ4v) is 0.717. The van der Waals surface area contributed by atoms with Gasteiger partial charge in [-0.05, 0) is 0 Å². The molecule has 3 nitrogen and oxygen atoms in total. The Morgan fingerprint density at radius 3 is 2.33 bits per heavy atom. The molecule has 1 atom stereocenters. The third-order valence-corrected chi connectivity index (χ3v) is 1.79. The number of hydrogen-bond acceptors (Lipinski definition) is 3. The predicted molar refractivity (Wildman–Crippen MR) is 46.8 cm³/mol. The van der Waals surface area contributed by atoms with Crippen LogP contribution in [0.3, 0.4) is 0 Å². The zero-order chi connectivity index (χ0) is 9.78. The first-order valence-electron chi connectivity index (χ1n) is 3.00. The number of hydrogen-bond donors (Lipinski definition) is 0. The number of Topliss-reactive ketones (excluding diaryl/α,β-unsaturated/α-hetero) is 1. The summed E-state index contributed by atoms with van der Waals surface area (Å²) in [5.41, 5.74) is 0. The average molecular weight is 233 g/mol. The molecule has 12 heavy (non-hydrogen) atoms. The minimum absolute atomic E-state index is 0.226. The van der Waals surface area contributed by atoms with Crippen LogP contribution in [0.2, 0.25) is 0 Å². The number of carbonyl (C=O) groups is 2. The van der Waals surface area contributed by atoms with Crippen molar-refractivity contribution in [3.05, 3.63) is 0 Å². The molecule has 0 aromatic heterocycles. The summed E-state index contributed by atoms with van der Waals surface area (Å²) >= 11 is 15.8. The lowest BCUT2D eigenvalue weighted by atomic mass is 10.2. The molecule has 0 radical (unpaired) electrons. The van der Waals surface area contributed by atoms with Crippen molar-refractivity contribution in [3.63, 3.8) is 0 Å². The van der Waals surface area contributed by atoms with Crippen molar-refractivity contribution in [1.82, 2.24) is 0 Å². The maximum Gasteiger partial charge on any atom is 0.248 e. The van der Waals surface area contributed by atoms with E-state index in [-0.39, 0.29) is 6.42 Å². The van der Waals surface area contributed by atoms with Gasteiger partial charge < -0.3 is 9.53 Å². The number of ketones is 1. The molecule has 0 rings (SSSR count). The van der Waals surface area contributed by atoms with Gasteiger partial charge in [-0.25, -0.2) is 0 Å². The van der Waals surface area contributed by atoms with Gasteiger partial charge >= 0.3 is 0 Å². The molecule has 0 amide bonds. The molecular weight excluding hydrogens is 226 g/mol. The van der Waals surface area contributed by atoms with E-state index in [2.05, 4.69) is 4.74 Å². The van der Waals surface area contributed by atoms with E-state index >= 15 is 0 Å². The first-order valence-corrected chi connectivity index (χ1v) is 4.13. The van der Waals surface area contributed by atoms with Gasteiger partial charge in [-0.2, -0.15) is 0 Å². The predicted octanol–water partition coefficient (Wildman–Crippen LogP) is 1.53. The summed E-state index contributed by atoms with van der Waals surface area (Å²) in [5.74, 6) is -0.661. The van der Waals surface area contributed by atoms with E-state index in [0.717, 1.165) is 0 Å². The zero-order valence-electron chi connectivity index (χ0n) is 6.22. The van der Waals surface area contributed by atoms with Crippen LogP contribution in [0.15, 0.2) is 0 Å². The number of methoxy groups -OCH3 is 1. The van der Waals surface area contributed by atoms with Crippen LogP contribution in [0.4, 0.5) is 0 Å². The Kier molecular flexibility index (Phi) is 5.09. The highest BCUT2D eigenvalue weighted by molar-refractivity contribution is 6.76. The summed E-state index contributed by atoms with van der Waals surface area (Å²) < 4.78 is 2.63. The maximum absolute atomic E-state index is 11.0. The fourth-order valence-electron chi connectivity index (χ4n) is 0.485. The molecule has 0 aliphatic carbocycles. The van der Waals surface area contributed by atoms with E-state index < -0.39 is 15.7 Å². The van der Waals surface area contributed by atoms with Gasteiger partial charge in [0.2, 0.25) is 3.79 Å². The van der Waals surface area contributed by atoms with Crippen LogP contribution in [0, 0.1) is 0 Å². The summed E-state index contributed by atoms with van der Waals surface area (Å²) in [7, 11) is 1.30. The standard InChI is InChI=1S/C6H7Cl3O3/c1-12-4(3-10)2-5(11)6(7,8)9/h3-4H,2H2,1H3. The van der Waals surface area contributed by atoms with Crippen molar-refractivity contribution >= 4 is 46.9 Å². The number of ether oxygens (including phenoxy) is 1. The molecule has 6 heteroatoms. The molecule has 70 valence electrons. The van der Waals surface area contributed by atoms with E-state index in [1.807, 2.05) is 0 Å². The number of alkyl halides is 3. The van der Waals surface area contributed by atoms with Gasteiger partial charge in [0.25, 0.3) is 0 Å². The van der Waals surface area contributed by atoms with Crippen LogP contribution >= 0.6 is 34.8 Å². The first kappa shape index (κ1) is 12.2. The largest absolute Gasteiger partial charge is 0.374 e. The summed E-state index contributed by atoms with van der Waals surface area (Å²) in [6.45, 7) is 0. The van der Waals surface area contributed by atoms with Gasteiger partial charge in [0, 0.05) is 13.5 Å². The number of carbonyl (C=O) groups excluding carboxylic acids is 2. The minimum atomic E-state index is -1.97. The molecule has 0 aliphatic heterocycles. The van der Waals surface area contributed by atoms with Gasteiger partial charge in [0.05, 0.1) is 0 Å². The highest BCUT2D eigenvalue weighted by Gasteiger charge is 2.31. The summed E-state index contributed by atoms with van der Waals surface area (Å²) in [4.78, 5) is 21.2. The molecular formula is C6H7Cl3O3. The monoisotopic (exact) mass is 232 g/mol. The van der Waals surface area contributed by atoms with Gasteiger partial charge in [0.1, 0.15) is 12.4 Å². The highest BCUT2D eigenvalue weighted by Crippen LogP contribution is 2.28. The number of rotatable bonds is 4. The van der Waals surface area contributed by atoms with Crippen molar-refractivity contribution in [1.29, 1.82) is 0 Å². The Morgan fingerprint density at radius 1 is 1.58 bits per heavy atom. The third kappa shape index (κ3) is 4.26. The first-order chi connectivity index (χ1) is 5.41. The van der Waals surface area contributed by atoms with Gasteiger partial charge in [-0.3, -0.25) is 4.79 Å². The molecule has 0 bridgehead atoms. The lowest BCUT2D eigenvalue weighted by Gasteiger charge is -2.11. The molecule has 0 heterocycles. The lowest BCUT2D eigenvalue weighted by molar-refractivity contribution is -0.126. The van der Waals surface area contributed by atoms with Crippen molar-refractivity contribution < 1.29 is 14.3 Å². The lowest BCUT2D eigenvalue weighted by Crippen LogP contribution is -2.26. The fraction of sp³-hybridized carbons (Fsp3) is 0.667.